The zero-order valence-electron chi connectivity index (χ0n) is 32.8. The molecule has 0 unspecified atom stereocenters. The number of hydrogen-bond donors (Lipinski definition) is 0. The zero-order valence-corrected chi connectivity index (χ0v) is 32.8. The molecule has 2 aliphatic rings. The van der Waals surface area contributed by atoms with Gasteiger partial charge < -0.3 is 0 Å². The molecule has 0 atom stereocenters. The van der Waals surface area contributed by atoms with E-state index in [9.17, 15) is 0 Å². The molecular weight excluding hydrogens is 721 g/mol. The standard InChI is InChI=1S/C60H36/c1-6-18-37(19-7-1)42-30-31-45-50(36-42)54(41-26-14-5-15-27-41)60-49-35-34-47-55-46(32-33-48(56(49)55)59(60)53(45)40-24-12-4-13-25-40)57-51(38-20-8-2-9-21-38)43-28-16-17-29-44(43)52(58(47)57)39-22-10-3-11-23-39/h1-36H. The molecule has 11 aromatic carbocycles. The first-order valence-corrected chi connectivity index (χ1v) is 20.9. The maximum atomic E-state index is 2.45. The second-order valence-electron chi connectivity index (χ2n) is 16.2. The minimum atomic E-state index is 1.22. The molecule has 0 nitrogen and oxygen atoms in total. The van der Waals surface area contributed by atoms with Crippen LogP contribution in [0.4, 0.5) is 0 Å². The molecule has 0 bridgehead atoms. The Morgan fingerprint density at radius 2 is 0.450 bits per heavy atom. The normalized spacial score (nSPS) is 12.0. The van der Waals surface area contributed by atoms with Crippen molar-refractivity contribution in [2.75, 3.05) is 0 Å². The molecule has 0 aliphatic heterocycles. The molecule has 0 radical (unpaired) electrons. The Balaban J connectivity index is 1.21. The Labute approximate surface area is 349 Å². The molecular formula is C60H36. The van der Waals surface area contributed by atoms with Crippen LogP contribution in [0.1, 0.15) is 0 Å². The maximum absolute atomic E-state index is 2.45. The van der Waals surface area contributed by atoms with Crippen molar-refractivity contribution in [1.29, 1.82) is 0 Å². The third kappa shape index (κ3) is 4.62. The van der Waals surface area contributed by atoms with Gasteiger partial charge in [0.15, 0.2) is 0 Å². The average molecular weight is 757 g/mol. The van der Waals surface area contributed by atoms with Crippen LogP contribution in [0.25, 0.3) is 132 Å². The van der Waals surface area contributed by atoms with E-state index >= 15 is 0 Å². The quantitative estimate of drug-likeness (QED) is 0.164. The highest BCUT2D eigenvalue weighted by Crippen LogP contribution is 2.64. The fourth-order valence-corrected chi connectivity index (χ4v) is 10.8. The lowest BCUT2D eigenvalue weighted by molar-refractivity contribution is 1.60. The predicted molar refractivity (Wildman–Crippen MR) is 255 cm³/mol. The Morgan fingerprint density at radius 3 is 0.800 bits per heavy atom. The number of benzene rings is 11. The van der Waals surface area contributed by atoms with Crippen molar-refractivity contribution < 1.29 is 0 Å². The first-order chi connectivity index (χ1) is 29.8. The van der Waals surface area contributed by atoms with Crippen molar-refractivity contribution in [3.8, 4) is 100 Å². The van der Waals surface area contributed by atoms with E-state index in [1.54, 1.807) is 0 Å². The Hall–Kier alpha value is -7.80. The Bertz CT molecular complexity index is 3440. The first kappa shape index (κ1) is 33.2. The molecule has 13 rings (SSSR count). The second kappa shape index (κ2) is 12.9. The van der Waals surface area contributed by atoms with Gasteiger partial charge in [-0.15, -0.1) is 0 Å². The molecule has 0 heterocycles. The highest BCUT2D eigenvalue weighted by Gasteiger charge is 2.37. The van der Waals surface area contributed by atoms with Crippen molar-refractivity contribution in [3.63, 3.8) is 0 Å². The van der Waals surface area contributed by atoms with Gasteiger partial charge in [0, 0.05) is 0 Å². The van der Waals surface area contributed by atoms with E-state index in [0.29, 0.717) is 0 Å². The average Bonchev–Trinajstić information content (AvgIpc) is 3.83. The minimum Gasteiger partial charge on any atom is -0.0622 e. The fraction of sp³-hybridized carbons (Fsp3) is 0. The SMILES string of the molecule is c1ccc(-c2ccc3c(-c4ccccc4)c4c(c(-c5ccccc5)c3c2)-c2ccc3c5c(ccc-4c25)-c2c-3c(-c3ccccc3)c3ccccc3c2-c2ccccc2)cc1. The number of fused-ring (bicyclic) bond motifs is 8. The van der Waals surface area contributed by atoms with Crippen LogP contribution in [0.5, 0.6) is 0 Å². The van der Waals surface area contributed by atoms with E-state index < -0.39 is 0 Å². The Kier molecular flexibility index (Phi) is 7.11. The topological polar surface area (TPSA) is 0 Å². The van der Waals surface area contributed by atoms with Crippen LogP contribution in [-0.4, -0.2) is 0 Å². The molecule has 0 saturated heterocycles. The van der Waals surface area contributed by atoms with Gasteiger partial charge in [0.2, 0.25) is 0 Å². The molecule has 0 saturated carbocycles. The summed E-state index contributed by atoms with van der Waals surface area (Å²) < 4.78 is 0. The van der Waals surface area contributed by atoms with Gasteiger partial charge in [0.25, 0.3) is 0 Å². The van der Waals surface area contributed by atoms with Gasteiger partial charge in [-0.2, -0.15) is 0 Å². The molecule has 0 amide bonds. The highest BCUT2D eigenvalue weighted by molar-refractivity contribution is 6.35. The van der Waals surface area contributed by atoms with Crippen LogP contribution in [0, 0.1) is 0 Å². The van der Waals surface area contributed by atoms with Gasteiger partial charge in [0.1, 0.15) is 0 Å². The largest absolute Gasteiger partial charge is 0.0622 e. The molecule has 2 aliphatic carbocycles. The van der Waals surface area contributed by atoms with Crippen LogP contribution >= 0.6 is 0 Å². The molecule has 0 aromatic heterocycles. The summed E-state index contributed by atoms with van der Waals surface area (Å²) in [7, 11) is 0. The van der Waals surface area contributed by atoms with Crippen LogP contribution in [0.15, 0.2) is 218 Å². The fourth-order valence-electron chi connectivity index (χ4n) is 10.8. The van der Waals surface area contributed by atoms with E-state index in [4.69, 9.17) is 0 Å². The van der Waals surface area contributed by atoms with Crippen LogP contribution in [0.3, 0.4) is 0 Å². The van der Waals surface area contributed by atoms with Crippen LogP contribution in [-0.2, 0) is 0 Å². The third-order valence-corrected chi connectivity index (χ3v) is 13.1. The van der Waals surface area contributed by atoms with Crippen molar-refractivity contribution in [2.24, 2.45) is 0 Å². The molecule has 60 heavy (non-hydrogen) atoms. The van der Waals surface area contributed by atoms with E-state index in [2.05, 4.69) is 218 Å². The minimum absolute atomic E-state index is 1.22. The van der Waals surface area contributed by atoms with Crippen LogP contribution in [0.2, 0.25) is 0 Å². The summed E-state index contributed by atoms with van der Waals surface area (Å²) in [4.78, 5) is 0. The summed E-state index contributed by atoms with van der Waals surface area (Å²) in [5, 5.41) is 7.81. The maximum Gasteiger partial charge on any atom is -0.000740 e. The Morgan fingerprint density at radius 1 is 0.167 bits per heavy atom. The second-order valence-corrected chi connectivity index (χ2v) is 16.2. The zero-order chi connectivity index (χ0) is 39.3. The monoisotopic (exact) mass is 756 g/mol. The summed E-state index contributed by atoms with van der Waals surface area (Å²) in [6.45, 7) is 0. The smallest absolute Gasteiger partial charge is 0.000740 e. The summed E-state index contributed by atoms with van der Waals surface area (Å²) in [6, 6.07) is 81.0. The van der Waals surface area contributed by atoms with Crippen molar-refractivity contribution in [2.45, 2.75) is 0 Å². The van der Waals surface area contributed by atoms with Crippen molar-refractivity contribution in [3.05, 3.63) is 218 Å². The van der Waals surface area contributed by atoms with Crippen LogP contribution < -0.4 is 0 Å². The highest BCUT2D eigenvalue weighted by atomic mass is 14.4. The summed E-state index contributed by atoms with van der Waals surface area (Å²) in [5.74, 6) is 0. The van der Waals surface area contributed by atoms with Gasteiger partial charge in [-0.05, 0) is 139 Å². The van der Waals surface area contributed by atoms with E-state index in [0.717, 1.165) is 0 Å². The third-order valence-electron chi connectivity index (χ3n) is 13.1. The lowest BCUT2D eigenvalue weighted by atomic mass is 9.81. The predicted octanol–water partition coefficient (Wildman–Crippen LogP) is 16.8. The molecule has 0 spiro atoms. The first-order valence-electron chi connectivity index (χ1n) is 20.9. The molecule has 0 N–H and O–H groups in total. The van der Waals surface area contributed by atoms with Gasteiger partial charge in [-0.3, -0.25) is 0 Å². The van der Waals surface area contributed by atoms with Gasteiger partial charge in [-0.1, -0.05) is 212 Å². The van der Waals surface area contributed by atoms with E-state index in [1.165, 1.54) is 132 Å². The summed E-state index contributed by atoms with van der Waals surface area (Å²) in [5.41, 5.74) is 23.1. The molecule has 0 fully saturated rings. The van der Waals surface area contributed by atoms with E-state index in [-0.39, 0.29) is 0 Å². The lowest BCUT2D eigenvalue weighted by Gasteiger charge is -2.21. The molecule has 276 valence electrons. The van der Waals surface area contributed by atoms with E-state index in [1.807, 2.05) is 0 Å². The number of hydrogen-bond acceptors (Lipinski definition) is 0. The van der Waals surface area contributed by atoms with Crippen molar-refractivity contribution in [1.82, 2.24) is 0 Å². The van der Waals surface area contributed by atoms with Crippen molar-refractivity contribution >= 4 is 32.3 Å². The molecule has 0 heteroatoms. The summed E-state index contributed by atoms with van der Waals surface area (Å²) >= 11 is 0. The lowest BCUT2D eigenvalue weighted by Crippen LogP contribution is -1.94. The van der Waals surface area contributed by atoms with Gasteiger partial charge in [-0.25, -0.2) is 0 Å². The molecule has 11 aromatic rings. The van der Waals surface area contributed by atoms with Gasteiger partial charge in [0.05, 0.1) is 0 Å². The number of rotatable bonds is 5. The summed E-state index contributed by atoms with van der Waals surface area (Å²) in [6.07, 6.45) is 0. The van der Waals surface area contributed by atoms with Gasteiger partial charge >= 0.3 is 0 Å².